The third-order valence-electron chi connectivity index (χ3n) is 3.95. The molecule has 3 amide bonds. The topological polar surface area (TPSA) is 112 Å². The molecular formula is C20H20ClN5O3S. The van der Waals surface area contributed by atoms with Crippen LogP contribution in [0.3, 0.4) is 0 Å². The Kier molecular flexibility index (Phi) is 7.31. The van der Waals surface area contributed by atoms with Crippen molar-refractivity contribution in [3.63, 3.8) is 0 Å². The van der Waals surface area contributed by atoms with E-state index < -0.39 is 11.9 Å². The number of hydrogen-bond acceptors (Lipinski definition) is 6. The number of nitrogens with one attached hydrogen (secondary N) is 1. The summed E-state index contributed by atoms with van der Waals surface area (Å²) in [5.41, 5.74) is 6.61. The highest BCUT2D eigenvalue weighted by atomic mass is 35.5. The fraction of sp³-hybridized carbons (Fsp3) is 0.200. The Balaban J connectivity index is 1.90. The van der Waals surface area contributed by atoms with E-state index in [4.69, 9.17) is 22.1 Å². The molecule has 3 N–H and O–H groups in total. The Labute approximate surface area is 182 Å². The maximum absolute atomic E-state index is 11.7. The van der Waals surface area contributed by atoms with Crippen molar-refractivity contribution in [3.05, 3.63) is 53.6 Å². The number of imide groups is 1. The van der Waals surface area contributed by atoms with E-state index in [1.165, 1.54) is 11.8 Å². The molecule has 0 spiro atoms. The molecule has 8 nitrogen and oxygen atoms in total. The summed E-state index contributed by atoms with van der Waals surface area (Å²) in [5.74, 6) is 1.32. The number of urea groups is 1. The number of primary amides is 1. The van der Waals surface area contributed by atoms with Gasteiger partial charge in [-0.15, -0.1) is 10.2 Å². The van der Waals surface area contributed by atoms with Gasteiger partial charge in [0.25, 0.3) is 0 Å². The molecule has 0 bridgehead atoms. The van der Waals surface area contributed by atoms with Crippen molar-refractivity contribution in [2.24, 2.45) is 5.73 Å². The smallest absolute Gasteiger partial charge is 0.318 e. The van der Waals surface area contributed by atoms with Crippen LogP contribution in [0.1, 0.15) is 13.3 Å². The Morgan fingerprint density at radius 2 is 1.97 bits per heavy atom. The van der Waals surface area contributed by atoms with E-state index >= 15 is 0 Å². The molecule has 1 heterocycles. The molecule has 2 aromatic carbocycles. The fourth-order valence-electron chi connectivity index (χ4n) is 2.70. The van der Waals surface area contributed by atoms with Crippen molar-refractivity contribution in [3.8, 4) is 22.8 Å². The number of ether oxygens (including phenoxy) is 1. The van der Waals surface area contributed by atoms with E-state index in [0.29, 0.717) is 28.4 Å². The molecule has 156 valence electrons. The average Bonchev–Trinajstić information content (AvgIpc) is 3.12. The zero-order valence-corrected chi connectivity index (χ0v) is 17.7. The molecule has 0 unspecified atom stereocenters. The molecule has 10 heteroatoms. The van der Waals surface area contributed by atoms with E-state index in [0.717, 1.165) is 17.0 Å². The Bertz CT molecular complexity index is 1040. The summed E-state index contributed by atoms with van der Waals surface area (Å²) in [4.78, 5) is 22.4. The molecule has 30 heavy (non-hydrogen) atoms. The highest BCUT2D eigenvalue weighted by molar-refractivity contribution is 7.99. The largest absolute Gasteiger partial charge is 0.494 e. The first kappa shape index (κ1) is 21.7. The minimum atomic E-state index is -0.870. The lowest BCUT2D eigenvalue weighted by molar-refractivity contribution is -0.119. The number of benzene rings is 2. The van der Waals surface area contributed by atoms with E-state index in [1.54, 1.807) is 6.07 Å². The molecule has 0 fully saturated rings. The van der Waals surface area contributed by atoms with Gasteiger partial charge < -0.3 is 10.5 Å². The van der Waals surface area contributed by atoms with Gasteiger partial charge in [0, 0.05) is 28.4 Å². The molecule has 0 aliphatic heterocycles. The summed E-state index contributed by atoms with van der Waals surface area (Å²) >= 11 is 7.50. The Morgan fingerprint density at radius 1 is 1.20 bits per heavy atom. The number of thioether (sulfide) groups is 1. The molecule has 0 saturated heterocycles. The quantitative estimate of drug-likeness (QED) is 0.511. The maximum Gasteiger partial charge on any atom is 0.318 e. The van der Waals surface area contributed by atoms with Gasteiger partial charge in [0.1, 0.15) is 5.75 Å². The number of halogens is 1. The molecule has 3 rings (SSSR count). The van der Waals surface area contributed by atoms with Crippen molar-refractivity contribution in [1.29, 1.82) is 0 Å². The lowest BCUT2D eigenvalue weighted by atomic mass is 10.2. The van der Waals surface area contributed by atoms with Crippen molar-refractivity contribution in [1.82, 2.24) is 20.1 Å². The number of hydrogen-bond donors (Lipinski definition) is 2. The second-order valence-electron chi connectivity index (χ2n) is 6.09. The lowest BCUT2D eigenvalue weighted by Gasteiger charge is -2.11. The van der Waals surface area contributed by atoms with E-state index in [-0.39, 0.29) is 6.42 Å². The second kappa shape index (κ2) is 10.1. The van der Waals surface area contributed by atoms with Gasteiger partial charge in [0.2, 0.25) is 5.91 Å². The van der Waals surface area contributed by atoms with Crippen LogP contribution in [0.4, 0.5) is 4.79 Å². The van der Waals surface area contributed by atoms with Gasteiger partial charge in [-0.3, -0.25) is 14.7 Å². The Morgan fingerprint density at radius 3 is 2.63 bits per heavy atom. The molecule has 0 saturated carbocycles. The molecule has 0 radical (unpaired) electrons. The third kappa shape index (κ3) is 5.52. The summed E-state index contributed by atoms with van der Waals surface area (Å²) in [7, 11) is 0. The first-order valence-corrected chi connectivity index (χ1v) is 10.5. The van der Waals surface area contributed by atoms with E-state index in [2.05, 4.69) is 10.2 Å². The Hall–Kier alpha value is -3.04. The van der Waals surface area contributed by atoms with Crippen LogP contribution in [-0.4, -0.2) is 39.1 Å². The van der Waals surface area contributed by atoms with Crippen molar-refractivity contribution < 1.29 is 14.3 Å². The fourth-order valence-corrected chi connectivity index (χ4v) is 3.78. The van der Waals surface area contributed by atoms with Crippen LogP contribution >= 0.6 is 23.4 Å². The normalized spacial score (nSPS) is 10.6. The molecule has 0 aliphatic rings. The zero-order valence-electron chi connectivity index (χ0n) is 16.2. The van der Waals surface area contributed by atoms with Crippen LogP contribution in [0.5, 0.6) is 5.75 Å². The van der Waals surface area contributed by atoms with Crippen molar-refractivity contribution in [2.45, 2.75) is 18.5 Å². The van der Waals surface area contributed by atoms with Crippen LogP contribution in [0.2, 0.25) is 5.02 Å². The van der Waals surface area contributed by atoms with Crippen LogP contribution in [0.25, 0.3) is 17.1 Å². The average molecular weight is 446 g/mol. The first-order valence-electron chi connectivity index (χ1n) is 9.14. The summed E-state index contributed by atoms with van der Waals surface area (Å²) in [6.07, 6.45) is 0.107. The summed E-state index contributed by atoms with van der Waals surface area (Å²) in [5, 5.41) is 11.9. The third-order valence-corrected chi connectivity index (χ3v) is 5.11. The van der Waals surface area contributed by atoms with Gasteiger partial charge >= 0.3 is 6.03 Å². The van der Waals surface area contributed by atoms with Gasteiger partial charge in [0.15, 0.2) is 11.0 Å². The minimum Gasteiger partial charge on any atom is -0.494 e. The van der Waals surface area contributed by atoms with Crippen LogP contribution in [0, 0.1) is 0 Å². The van der Waals surface area contributed by atoms with Gasteiger partial charge in [-0.2, -0.15) is 0 Å². The van der Waals surface area contributed by atoms with Gasteiger partial charge in [0.05, 0.1) is 6.61 Å². The lowest BCUT2D eigenvalue weighted by Crippen LogP contribution is -2.35. The molecular weight excluding hydrogens is 426 g/mol. The summed E-state index contributed by atoms with van der Waals surface area (Å²) in [6.45, 7) is 2.50. The molecule has 1 aromatic heterocycles. The number of carbonyl (C=O) groups excluding carboxylic acids is 2. The standard InChI is InChI=1S/C20H20ClN5O3S/c1-2-29-16-8-6-15(7-9-16)26-18(13-4-3-5-14(21)12-13)24-25-20(26)30-11-10-17(27)23-19(22)28/h3-9,12H,2,10-11H2,1H3,(H3,22,23,27,28). The second-order valence-corrected chi connectivity index (χ2v) is 7.59. The van der Waals surface area contributed by atoms with Gasteiger partial charge in [-0.25, -0.2) is 4.79 Å². The highest BCUT2D eigenvalue weighted by Crippen LogP contribution is 2.30. The zero-order chi connectivity index (χ0) is 21.5. The molecule has 0 aliphatic carbocycles. The summed E-state index contributed by atoms with van der Waals surface area (Å²) in [6, 6.07) is 14.0. The number of nitrogens with two attached hydrogens (primary N) is 1. The predicted molar refractivity (Wildman–Crippen MR) is 116 cm³/mol. The van der Waals surface area contributed by atoms with Gasteiger partial charge in [-0.05, 0) is 43.3 Å². The highest BCUT2D eigenvalue weighted by Gasteiger charge is 2.17. The molecule has 0 atom stereocenters. The number of carbonyl (C=O) groups is 2. The predicted octanol–water partition coefficient (Wildman–Crippen LogP) is 3.66. The molecule has 3 aromatic rings. The summed E-state index contributed by atoms with van der Waals surface area (Å²) < 4.78 is 7.40. The number of amides is 3. The maximum atomic E-state index is 11.7. The van der Waals surface area contributed by atoms with Crippen LogP contribution in [-0.2, 0) is 4.79 Å². The van der Waals surface area contributed by atoms with E-state index in [9.17, 15) is 9.59 Å². The first-order chi connectivity index (χ1) is 14.5. The minimum absolute atomic E-state index is 0.107. The monoisotopic (exact) mass is 445 g/mol. The van der Waals surface area contributed by atoms with Crippen molar-refractivity contribution in [2.75, 3.05) is 12.4 Å². The van der Waals surface area contributed by atoms with Gasteiger partial charge in [-0.1, -0.05) is 35.5 Å². The number of nitrogens with zero attached hydrogens (tertiary/aromatic N) is 3. The van der Waals surface area contributed by atoms with Crippen LogP contribution < -0.4 is 15.8 Å². The van der Waals surface area contributed by atoms with E-state index in [1.807, 2.05) is 59.3 Å². The van der Waals surface area contributed by atoms with Crippen molar-refractivity contribution >= 4 is 35.3 Å². The SMILES string of the molecule is CCOc1ccc(-n2c(SCCC(=O)NC(N)=O)nnc2-c2cccc(Cl)c2)cc1. The van der Waals surface area contributed by atoms with Crippen LogP contribution in [0.15, 0.2) is 53.7 Å². The number of aromatic nitrogens is 3. The number of rotatable bonds is 8.